The highest BCUT2D eigenvalue weighted by molar-refractivity contribution is 7.89. The Hall–Kier alpha value is -1.11. The van der Waals surface area contributed by atoms with Gasteiger partial charge >= 0.3 is 0 Å². The van der Waals surface area contributed by atoms with E-state index in [9.17, 15) is 8.42 Å². The average molecular weight is 309 g/mol. The van der Waals surface area contributed by atoms with Crippen LogP contribution in [-0.4, -0.2) is 46.5 Å². The fraction of sp³-hybridized carbons (Fsp3) is 0.600. The van der Waals surface area contributed by atoms with Gasteiger partial charge in [-0.25, -0.2) is 13.1 Å². The molecule has 5 nitrogen and oxygen atoms in total. The van der Waals surface area contributed by atoms with Gasteiger partial charge in [0, 0.05) is 25.3 Å². The number of benzene rings is 1. The molecule has 21 heavy (non-hydrogen) atoms. The van der Waals surface area contributed by atoms with Gasteiger partial charge in [-0.3, -0.25) is 0 Å². The molecule has 0 spiro atoms. The molecule has 0 aliphatic carbocycles. The normalized spacial score (nSPS) is 22.8. The monoisotopic (exact) mass is 309 g/mol. The first kappa shape index (κ1) is 14.8. The van der Waals surface area contributed by atoms with Crippen LogP contribution in [0.15, 0.2) is 23.1 Å². The maximum absolute atomic E-state index is 12.6. The summed E-state index contributed by atoms with van der Waals surface area (Å²) in [6.45, 7) is 3.47. The molecule has 2 heterocycles. The van der Waals surface area contributed by atoms with E-state index >= 15 is 0 Å². The van der Waals surface area contributed by atoms with Crippen molar-refractivity contribution in [3.8, 4) is 0 Å². The summed E-state index contributed by atoms with van der Waals surface area (Å²) in [4.78, 5) is 2.69. The predicted octanol–water partition coefficient (Wildman–Crippen LogP) is 1.27. The van der Waals surface area contributed by atoms with Crippen molar-refractivity contribution in [2.24, 2.45) is 5.92 Å². The van der Waals surface area contributed by atoms with Gasteiger partial charge in [0.2, 0.25) is 10.0 Å². The summed E-state index contributed by atoms with van der Waals surface area (Å²) in [5.74, 6) is 0.419. The van der Waals surface area contributed by atoms with Crippen LogP contribution in [0.1, 0.15) is 18.4 Å². The molecule has 0 radical (unpaired) electrons. The van der Waals surface area contributed by atoms with Crippen LogP contribution in [0.25, 0.3) is 0 Å². The van der Waals surface area contributed by atoms with Gasteiger partial charge in [-0.2, -0.15) is 0 Å². The highest BCUT2D eigenvalue weighted by atomic mass is 32.2. The van der Waals surface area contributed by atoms with E-state index in [4.69, 9.17) is 0 Å². The molecule has 2 aliphatic heterocycles. The quantitative estimate of drug-likeness (QED) is 0.879. The van der Waals surface area contributed by atoms with Crippen LogP contribution in [0.2, 0.25) is 0 Å². The number of hydrogen-bond acceptors (Lipinski definition) is 4. The second kappa shape index (κ2) is 5.94. The number of fused-ring (bicyclic) bond motifs is 1. The standard InChI is InChI=1S/C15H23N3O2S/c1-18-9-7-12(11-18)10-17-21(19,20)15-6-2-5-14-13(15)4-3-8-16-14/h2,5-6,12,16-17H,3-4,7-11H2,1H3. The van der Waals surface area contributed by atoms with Crippen molar-refractivity contribution in [3.63, 3.8) is 0 Å². The topological polar surface area (TPSA) is 61.4 Å². The Labute approximate surface area is 126 Å². The van der Waals surface area contributed by atoms with Crippen molar-refractivity contribution in [3.05, 3.63) is 23.8 Å². The molecule has 0 bridgehead atoms. The highest BCUT2D eigenvalue weighted by Crippen LogP contribution is 2.28. The SMILES string of the molecule is CN1CCC(CNS(=O)(=O)c2cccc3c2CCCN3)C1. The number of sulfonamides is 1. The number of hydrogen-bond donors (Lipinski definition) is 2. The molecule has 0 aromatic heterocycles. The van der Waals surface area contributed by atoms with Gasteiger partial charge in [-0.05, 0) is 56.5 Å². The molecule has 1 aromatic rings. The van der Waals surface area contributed by atoms with Gasteiger partial charge < -0.3 is 10.2 Å². The molecule has 2 N–H and O–H groups in total. The first-order valence-corrected chi connectivity index (χ1v) is 9.08. The summed E-state index contributed by atoms with van der Waals surface area (Å²) in [6.07, 6.45) is 2.87. The number of nitrogens with zero attached hydrogens (tertiary/aromatic N) is 1. The van der Waals surface area contributed by atoms with Crippen LogP contribution in [0, 0.1) is 5.92 Å². The minimum absolute atomic E-state index is 0.419. The summed E-state index contributed by atoms with van der Waals surface area (Å²) in [5.41, 5.74) is 1.89. The minimum atomic E-state index is -3.42. The summed E-state index contributed by atoms with van der Waals surface area (Å²) in [5, 5.41) is 3.28. The van der Waals surface area contributed by atoms with E-state index in [1.807, 2.05) is 12.1 Å². The molecule has 3 rings (SSSR count). The fourth-order valence-electron chi connectivity index (χ4n) is 3.23. The minimum Gasteiger partial charge on any atom is -0.385 e. The molecule has 0 amide bonds. The lowest BCUT2D eigenvalue weighted by atomic mass is 10.0. The zero-order chi connectivity index (χ0) is 14.9. The van der Waals surface area contributed by atoms with Gasteiger partial charge in [0.05, 0.1) is 4.90 Å². The summed E-state index contributed by atoms with van der Waals surface area (Å²) < 4.78 is 28.0. The van der Waals surface area contributed by atoms with E-state index in [-0.39, 0.29) is 0 Å². The number of nitrogens with one attached hydrogen (secondary N) is 2. The third-order valence-electron chi connectivity index (χ3n) is 4.39. The predicted molar refractivity (Wildman–Crippen MR) is 84.0 cm³/mol. The van der Waals surface area contributed by atoms with E-state index in [0.717, 1.165) is 50.1 Å². The smallest absolute Gasteiger partial charge is 0.240 e. The van der Waals surface area contributed by atoms with Crippen molar-refractivity contribution >= 4 is 15.7 Å². The Bertz CT molecular complexity index is 615. The third kappa shape index (κ3) is 3.22. The van der Waals surface area contributed by atoms with Gasteiger partial charge in [-0.1, -0.05) is 6.07 Å². The molecule has 1 aromatic carbocycles. The Morgan fingerprint density at radius 2 is 2.29 bits per heavy atom. The van der Waals surface area contributed by atoms with Gasteiger partial charge in [0.25, 0.3) is 0 Å². The Kier molecular flexibility index (Phi) is 4.19. The maximum Gasteiger partial charge on any atom is 0.240 e. The fourth-order valence-corrected chi connectivity index (χ4v) is 4.63. The maximum atomic E-state index is 12.6. The van der Waals surface area contributed by atoms with Gasteiger partial charge in [0.15, 0.2) is 0 Å². The lowest BCUT2D eigenvalue weighted by Crippen LogP contribution is -2.31. The Morgan fingerprint density at radius 1 is 1.43 bits per heavy atom. The van der Waals surface area contributed by atoms with Crippen molar-refractivity contribution in [2.75, 3.05) is 38.5 Å². The summed E-state index contributed by atoms with van der Waals surface area (Å²) >= 11 is 0. The van der Waals surface area contributed by atoms with E-state index in [2.05, 4.69) is 22.0 Å². The molecule has 116 valence electrons. The Morgan fingerprint density at radius 3 is 3.05 bits per heavy atom. The first-order valence-electron chi connectivity index (χ1n) is 7.60. The second-order valence-corrected chi connectivity index (χ2v) is 7.82. The molecule has 2 aliphatic rings. The summed E-state index contributed by atoms with van der Waals surface area (Å²) in [7, 11) is -1.34. The number of anilines is 1. The Balaban J connectivity index is 1.76. The van der Waals surface area contributed by atoms with Gasteiger partial charge in [-0.15, -0.1) is 0 Å². The van der Waals surface area contributed by atoms with Crippen molar-refractivity contribution < 1.29 is 8.42 Å². The number of likely N-dealkylation sites (tertiary alicyclic amines) is 1. The lowest BCUT2D eigenvalue weighted by molar-refractivity contribution is 0.394. The van der Waals surface area contributed by atoms with E-state index in [1.165, 1.54) is 0 Å². The largest absolute Gasteiger partial charge is 0.385 e. The third-order valence-corrected chi connectivity index (χ3v) is 5.90. The molecule has 6 heteroatoms. The van der Waals surface area contributed by atoms with Crippen LogP contribution in [0.5, 0.6) is 0 Å². The summed E-state index contributed by atoms with van der Waals surface area (Å²) in [6, 6.07) is 5.49. The van der Waals surface area contributed by atoms with Crippen LogP contribution >= 0.6 is 0 Å². The molecule has 1 saturated heterocycles. The molecule has 0 saturated carbocycles. The van der Waals surface area contributed by atoms with E-state index in [0.29, 0.717) is 17.4 Å². The van der Waals surface area contributed by atoms with Crippen LogP contribution in [0.3, 0.4) is 0 Å². The first-order chi connectivity index (χ1) is 10.1. The van der Waals surface area contributed by atoms with Crippen molar-refractivity contribution in [2.45, 2.75) is 24.2 Å². The van der Waals surface area contributed by atoms with E-state index in [1.54, 1.807) is 6.07 Å². The molecule has 1 atom stereocenters. The zero-order valence-electron chi connectivity index (χ0n) is 12.4. The average Bonchev–Trinajstić information content (AvgIpc) is 2.90. The van der Waals surface area contributed by atoms with Crippen LogP contribution < -0.4 is 10.0 Å². The van der Waals surface area contributed by atoms with Crippen LogP contribution in [0.4, 0.5) is 5.69 Å². The second-order valence-electron chi connectivity index (χ2n) is 6.08. The molecular formula is C15H23N3O2S. The van der Waals surface area contributed by atoms with Crippen LogP contribution in [-0.2, 0) is 16.4 Å². The molecular weight excluding hydrogens is 286 g/mol. The lowest BCUT2D eigenvalue weighted by Gasteiger charge is -2.21. The zero-order valence-corrected chi connectivity index (χ0v) is 13.2. The number of rotatable bonds is 4. The van der Waals surface area contributed by atoms with Crippen molar-refractivity contribution in [1.29, 1.82) is 0 Å². The van der Waals surface area contributed by atoms with E-state index < -0.39 is 10.0 Å². The molecule has 1 fully saturated rings. The highest BCUT2D eigenvalue weighted by Gasteiger charge is 2.25. The van der Waals surface area contributed by atoms with Crippen molar-refractivity contribution in [1.82, 2.24) is 9.62 Å². The molecule has 1 unspecified atom stereocenters. The van der Waals surface area contributed by atoms with Gasteiger partial charge in [0.1, 0.15) is 0 Å².